The van der Waals surface area contributed by atoms with Crippen molar-refractivity contribution in [2.24, 2.45) is 5.92 Å². The van der Waals surface area contributed by atoms with Gasteiger partial charge in [0.1, 0.15) is 5.67 Å². The number of alkyl halides is 1. The van der Waals surface area contributed by atoms with E-state index in [9.17, 15) is 0 Å². The zero-order valence-electron chi connectivity index (χ0n) is 17.9. The lowest BCUT2D eigenvalue weighted by Gasteiger charge is -2.28. The van der Waals surface area contributed by atoms with Crippen molar-refractivity contribution in [2.45, 2.75) is 64.3 Å². The van der Waals surface area contributed by atoms with Crippen LogP contribution in [0, 0.1) is 5.92 Å². The van der Waals surface area contributed by atoms with Crippen molar-refractivity contribution in [1.29, 1.82) is 0 Å². The Morgan fingerprint density at radius 1 is 1.25 bits per heavy atom. The zero-order valence-corrected chi connectivity index (χ0v) is 17.9. The summed E-state index contributed by atoms with van der Waals surface area (Å²) in [4.78, 5) is 0. The smallest absolute Gasteiger partial charge is 0.127 e. The maximum absolute atomic E-state index is 15.5. The van der Waals surface area contributed by atoms with E-state index in [1.54, 1.807) is 6.20 Å². The first-order valence-corrected chi connectivity index (χ1v) is 10.4. The molecule has 0 amide bonds. The third-order valence-electron chi connectivity index (χ3n) is 5.20. The molecule has 2 N–H and O–H groups in total. The minimum Gasteiger partial charge on any atom is -0.391 e. The van der Waals surface area contributed by atoms with E-state index in [2.05, 4.69) is 54.5 Å². The van der Waals surface area contributed by atoms with Gasteiger partial charge in [-0.15, -0.1) is 0 Å². The molecule has 3 unspecified atom stereocenters. The fourth-order valence-electron chi connectivity index (χ4n) is 3.40. The quantitative estimate of drug-likeness (QED) is 0.489. The van der Waals surface area contributed by atoms with E-state index < -0.39 is 5.67 Å². The predicted molar refractivity (Wildman–Crippen MR) is 117 cm³/mol. The van der Waals surface area contributed by atoms with Crippen molar-refractivity contribution in [3.63, 3.8) is 0 Å². The lowest BCUT2D eigenvalue weighted by Crippen LogP contribution is -2.41. The van der Waals surface area contributed by atoms with Crippen LogP contribution in [-0.4, -0.2) is 37.0 Å². The second kappa shape index (κ2) is 10.2. The normalized spacial score (nSPS) is 21.8. The van der Waals surface area contributed by atoms with Gasteiger partial charge in [0.25, 0.3) is 0 Å². The molecule has 1 fully saturated rings. The van der Waals surface area contributed by atoms with E-state index in [1.807, 2.05) is 26.8 Å². The van der Waals surface area contributed by atoms with Crippen molar-refractivity contribution in [1.82, 2.24) is 10.6 Å². The van der Waals surface area contributed by atoms with Gasteiger partial charge < -0.3 is 15.4 Å². The molecule has 0 saturated heterocycles. The van der Waals surface area contributed by atoms with Gasteiger partial charge in [0.2, 0.25) is 0 Å². The molecular formula is C24H37FN2O. The van der Waals surface area contributed by atoms with Crippen LogP contribution >= 0.6 is 0 Å². The predicted octanol–water partition coefficient (Wildman–Crippen LogP) is 5.10. The molecule has 0 aromatic heterocycles. The number of hydrogen-bond donors (Lipinski definition) is 2. The summed E-state index contributed by atoms with van der Waals surface area (Å²) in [5.41, 5.74) is 1.05. The van der Waals surface area contributed by atoms with Gasteiger partial charge >= 0.3 is 0 Å². The molecule has 156 valence electrons. The first-order valence-electron chi connectivity index (χ1n) is 10.4. The molecule has 28 heavy (non-hydrogen) atoms. The molecule has 2 rings (SSSR count). The third kappa shape index (κ3) is 8.15. The van der Waals surface area contributed by atoms with Crippen LogP contribution in [-0.2, 0) is 4.74 Å². The van der Waals surface area contributed by atoms with E-state index in [0.717, 1.165) is 6.42 Å². The SMILES string of the molecule is C=CNCCC(F)(CCOC(C)(C)C)CNC1CC1/C(C)=C/c1ccccc1. The minimum absolute atomic E-state index is 0.241. The number of halogens is 1. The molecule has 1 aliphatic carbocycles. The van der Waals surface area contributed by atoms with Crippen molar-refractivity contribution >= 4 is 6.08 Å². The number of hydrogen-bond acceptors (Lipinski definition) is 3. The van der Waals surface area contributed by atoms with E-state index in [4.69, 9.17) is 4.74 Å². The third-order valence-corrected chi connectivity index (χ3v) is 5.20. The molecule has 4 heteroatoms. The Kier molecular flexibility index (Phi) is 8.26. The Bertz CT molecular complexity index is 638. The maximum Gasteiger partial charge on any atom is 0.127 e. The molecule has 1 aliphatic rings. The summed E-state index contributed by atoms with van der Waals surface area (Å²) >= 11 is 0. The summed E-state index contributed by atoms with van der Waals surface area (Å²) in [7, 11) is 0. The standard InChI is InChI=1S/C24H37FN2O/c1-6-26-14-12-24(25,13-15-28-23(3,4)5)18-27-22-17-21(22)19(2)16-20-10-8-7-9-11-20/h6-11,16,21-22,26-27H,1,12-15,17-18H2,2-5H3/b19-16+. The summed E-state index contributed by atoms with van der Waals surface area (Å²) < 4.78 is 21.3. The number of nitrogens with one attached hydrogen (secondary N) is 2. The molecule has 1 saturated carbocycles. The number of benzene rings is 1. The van der Waals surface area contributed by atoms with Gasteiger partial charge in [-0.05, 0) is 58.2 Å². The van der Waals surface area contributed by atoms with Crippen LogP contribution in [0.3, 0.4) is 0 Å². The number of rotatable bonds is 12. The minimum atomic E-state index is -1.29. The Hall–Kier alpha value is -1.65. The van der Waals surface area contributed by atoms with Crippen LogP contribution < -0.4 is 10.6 Å². The number of ether oxygens (including phenoxy) is 1. The molecule has 1 aromatic rings. The van der Waals surface area contributed by atoms with Crippen molar-refractivity contribution in [2.75, 3.05) is 19.7 Å². The molecule has 0 radical (unpaired) electrons. The summed E-state index contributed by atoms with van der Waals surface area (Å²) in [6, 6.07) is 10.7. The Morgan fingerprint density at radius 3 is 2.61 bits per heavy atom. The van der Waals surface area contributed by atoms with Crippen molar-refractivity contribution < 1.29 is 9.13 Å². The van der Waals surface area contributed by atoms with E-state index in [1.165, 1.54) is 11.1 Å². The van der Waals surface area contributed by atoms with Crippen LogP contribution in [0.25, 0.3) is 6.08 Å². The van der Waals surface area contributed by atoms with E-state index in [-0.39, 0.29) is 5.60 Å². The van der Waals surface area contributed by atoms with Gasteiger partial charge in [0.15, 0.2) is 0 Å². The molecule has 0 spiro atoms. The highest BCUT2D eigenvalue weighted by Crippen LogP contribution is 2.38. The summed E-state index contributed by atoms with van der Waals surface area (Å²) in [6.45, 7) is 13.2. The topological polar surface area (TPSA) is 33.3 Å². The van der Waals surface area contributed by atoms with Crippen molar-refractivity contribution in [3.8, 4) is 0 Å². The van der Waals surface area contributed by atoms with Gasteiger partial charge in [-0.2, -0.15) is 0 Å². The lowest BCUT2D eigenvalue weighted by molar-refractivity contribution is -0.0256. The fraction of sp³-hybridized carbons (Fsp3) is 0.583. The second-order valence-electron chi connectivity index (χ2n) is 8.90. The van der Waals surface area contributed by atoms with Crippen LogP contribution in [0.1, 0.15) is 52.5 Å². The van der Waals surface area contributed by atoms with Gasteiger partial charge in [0, 0.05) is 25.6 Å². The van der Waals surface area contributed by atoms with Gasteiger partial charge in [-0.1, -0.05) is 48.6 Å². The average Bonchev–Trinajstić information content (AvgIpc) is 3.40. The molecule has 3 nitrogen and oxygen atoms in total. The van der Waals surface area contributed by atoms with E-state index in [0.29, 0.717) is 44.5 Å². The molecule has 0 heterocycles. The summed E-state index contributed by atoms with van der Waals surface area (Å²) in [5, 5.41) is 6.48. The Morgan fingerprint density at radius 2 is 1.96 bits per heavy atom. The molecule has 1 aromatic carbocycles. The Balaban J connectivity index is 1.85. The highest BCUT2D eigenvalue weighted by Gasteiger charge is 2.40. The second-order valence-corrected chi connectivity index (χ2v) is 8.90. The van der Waals surface area contributed by atoms with Crippen molar-refractivity contribution in [3.05, 3.63) is 54.2 Å². The van der Waals surface area contributed by atoms with Gasteiger partial charge in [0.05, 0.1) is 12.2 Å². The fourth-order valence-corrected chi connectivity index (χ4v) is 3.40. The lowest BCUT2D eigenvalue weighted by atomic mass is 9.97. The van der Waals surface area contributed by atoms with Gasteiger partial charge in [-0.25, -0.2) is 4.39 Å². The van der Waals surface area contributed by atoms with Crippen LogP contribution in [0.2, 0.25) is 0 Å². The maximum atomic E-state index is 15.5. The first kappa shape index (κ1) is 22.6. The summed E-state index contributed by atoms with van der Waals surface area (Å²) in [5.74, 6) is 0.501. The largest absolute Gasteiger partial charge is 0.391 e. The average molecular weight is 389 g/mol. The first-order chi connectivity index (χ1) is 13.2. The molecule has 0 bridgehead atoms. The monoisotopic (exact) mass is 388 g/mol. The highest BCUT2D eigenvalue weighted by atomic mass is 19.1. The van der Waals surface area contributed by atoms with Crippen LogP contribution in [0.5, 0.6) is 0 Å². The van der Waals surface area contributed by atoms with Crippen LogP contribution in [0.4, 0.5) is 4.39 Å². The molecule has 3 atom stereocenters. The molecular weight excluding hydrogens is 351 g/mol. The highest BCUT2D eigenvalue weighted by molar-refractivity contribution is 5.53. The van der Waals surface area contributed by atoms with E-state index >= 15 is 4.39 Å². The van der Waals surface area contributed by atoms with Crippen LogP contribution in [0.15, 0.2) is 48.7 Å². The summed E-state index contributed by atoms with van der Waals surface area (Å²) in [6.07, 6.45) is 5.77. The zero-order chi connectivity index (χ0) is 20.6. The Labute approximate surface area is 170 Å². The molecule has 0 aliphatic heterocycles. The van der Waals surface area contributed by atoms with Gasteiger partial charge in [-0.3, -0.25) is 0 Å².